The monoisotopic (exact) mass is 328 g/mol. The molecule has 2 amide bonds. The number of benzene rings is 1. The quantitative estimate of drug-likeness (QED) is 0.794. The molecule has 1 rings (SSSR count). The van der Waals surface area contributed by atoms with Crippen LogP contribution in [0.3, 0.4) is 0 Å². The lowest BCUT2D eigenvalue weighted by molar-refractivity contribution is -0.137. The van der Waals surface area contributed by atoms with Crippen LogP contribution in [0.5, 0.6) is 0 Å². The maximum atomic E-state index is 11.7. The SMILES string of the molecule is Cc1cc(NC(=O)NC(C)CC(=O)O)cc(C)c1Br. The lowest BCUT2D eigenvalue weighted by atomic mass is 10.1. The second kappa shape index (κ2) is 6.56. The molecule has 1 atom stereocenters. The molecule has 0 aliphatic rings. The summed E-state index contributed by atoms with van der Waals surface area (Å²) in [4.78, 5) is 22.2. The Morgan fingerprint density at radius 2 is 1.84 bits per heavy atom. The van der Waals surface area contributed by atoms with Gasteiger partial charge in [0.05, 0.1) is 6.42 Å². The van der Waals surface area contributed by atoms with Crippen LogP contribution in [0, 0.1) is 13.8 Å². The van der Waals surface area contributed by atoms with Crippen molar-refractivity contribution in [3.63, 3.8) is 0 Å². The van der Waals surface area contributed by atoms with Gasteiger partial charge in [0.15, 0.2) is 0 Å². The summed E-state index contributed by atoms with van der Waals surface area (Å²) in [6, 6.07) is 2.86. The van der Waals surface area contributed by atoms with Crippen LogP contribution in [0.2, 0.25) is 0 Å². The number of urea groups is 1. The minimum Gasteiger partial charge on any atom is -0.481 e. The number of carboxylic acid groups (broad SMARTS) is 1. The first-order valence-electron chi connectivity index (χ1n) is 5.85. The van der Waals surface area contributed by atoms with Crippen LogP contribution < -0.4 is 10.6 Å². The Labute approximate surface area is 120 Å². The van der Waals surface area contributed by atoms with Crippen LogP contribution in [0.15, 0.2) is 16.6 Å². The Balaban J connectivity index is 2.65. The fourth-order valence-corrected chi connectivity index (χ4v) is 1.95. The number of anilines is 1. The maximum absolute atomic E-state index is 11.7. The van der Waals surface area contributed by atoms with Crippen molar-refractivity contribution in [2.75, 3.05) is 5.32 Å². The van der Waals surface area contributed by atoms with Crippen LogP contribution in [-0.2, 0) is 4.79 Å². The summed E-state index contributed by atoms with van der Waals surface area (Å²) in [7, 11) is 0. The molecule has 104 valence electrons. The van der Waals surface area contributed by atoms with Gasteiger partial charge in [-0.3, -0.25) is 4.79 Å². The first kappa shape index (κ1) is 15.5. The number of halogens is 1. The van der Waals surface area contributed by atoms with E-state index >= 15 is 0 Å². The van der Waals surface area contributed by atoms with Gasteiger partial charge in [0.2, 0.25) is 0 Å². The minimum atomic E-state index is -0.942. The highest BCUT2D eigenvalue weighted by atomic mass is 79.9. The van der Waals surface area contributed by atoms with Crippen molar-refractivity contribution in [2.45, 2.75) is 33.2 Å². The summed E-state index contributed by atoms with van der Waals surface area (Å²) in [6.45, 7) is 5.52. The van der Waals surface area contributed by atoms with E-state index in [0.717, 1.165) is 15.6 Å². The van der Waals surface area contributed by atoms with Crippen molar-refractivity contribution >= 4 is 33.6 Å². The average molecular weight is 329 g/mol. The van der Waals surface area contributed by atoms with Gasteiger partial charge in [-0.2, -0.15) is 0 Å². The number of amides is 2. The fourth-order valence-electron chi connectivity index (χ4n) is 1.72. The van der Waals surface area contributed by atoms with Gasteiger partial charge in [0, 0.05) is 16.2 Å². The van der Waals surface area contributed by atoms with Crippen LogP contribution in [0.1, 0.15) is 24.5 Å². The van der Waals surface area contributed by atoms with Crippen molar-refractivity contribution in [3.05, 3.63) is 27.7 Å². The molecule has 1 aromatic carbocycles. The number of hydrogen-bond donors (Lipinski definition) is 3. The Kier molecular flexibility index (Phi) is 5.35. The predicted molar refractivity (Wildman–Crippen MR) is 77.5 cm³/mol. The highest BCUT2D eigenvalue weighted by molar-refractivity contribution is 9.10. The highest BCUT2D eigenvalue weighted by Crippen LogP contribution is 2.24. The molecular weight excluding hydrogens is 312 g/mol. The molecule has 0 saturated heterocycles. The number of nitrogens with one attached hydrogen (secondary N) is 2. The molecule has 0 radical (unpaired) electrons. The molecule has 19 heavy (non-hydrogen) atoms. The van der Waals surface area contributed by atoms with E-state index < -0.39 is 18.0 Å². The number of aliphatic carboxylic acids is 1. The summed E-state index contributed by atoms with van der Waals surface area (Å²) in [5.41, 5.74) is 2.72. The second-order valence-electron chi connectivity index (χ2n) is 4.52. The minimum absolute atomic E-state index is 0.105. The molecule has 0 heterocycles. The van der Waals surface area contributed by atoms with E-state index in [1.807, 2.05) is 26.0 Å². The largest absolute Gasteiger partial charge is 0.481 e. The van der Waals surface area contributed by atoms with Crippen molar-refractivity contribution < 1.29 is 14.7 Å². The van der Waals surface area contributed by atoms with E-state index in [0.29, 0.717) is 5.69 Å². The third-order valence-electron chi connectivity index (χ3n) is 2.55. The number of rotatable bonds is 4. The zero-order chi connectivity index (χ0) is 14.6. The van der Waals surface area contributed by atoms with Crippen LogP contribution in [-0.4, -0.2) is 23.1 Å². The molecule has 6 heteroatoms. The topological polar surface area (TPSA) is 78.4 Å². The van der Waals surface area contributed by atoms with E-state index in [1.54, 1.807) is 6.92 Å². The van der Waals surface area contributed by atoms with Gasteiger partial charge < -0.3 is 15.7 Å². The number of carboxylic acids is 1. The average Bonchev–Trinajstić information content (AvgIpc) is 2.23. The molecule has 1 aromatic rings. The van der Waals surface area contributed by atoms with Crippen molar-refractivity contribution in [2.24, 2.45) is 0 Å². The second-order valence-corrected chi connectivity index (χ2v) is 5.31. The molecule has 0 saturated carbocycles. The molecule has 0 aliphatic carbocycles. The zero-order valence-corrected chi connectivity index (χ0v) is 12.7. The number of carbonyl (C=O) groups is 2. The molecule has 3 N–H and O–H groups in total. The first-order valence-corrected chi connectivity index (χ1v) is 6.65. The smallest absolute Gasteiger partial charge is 0.319 e. The van der Waals surface area contributed by atoms with E-state index in [1.165, 1.54) is 0 Å². The normalized spacial score (nSPS) is 11.8. The zero-order valence-electron chi connectivity index (χ0n) is 11.1. The van der Waals surface area contributed by atoms with Gasteiger partial charge in [-0.15, -0.1) is 0 Å². The molecule has 0 fully saturated rings. The third kappa shape index (κ3) is 4.90. The molecule has 5 nitrogen and oxygen atoms in total. The summed E-state index contributed by atoms with van der Waals surface area (Å²) in [6.07, 6.45) is -0.105. The molecule has 0 bridgehead atoms. The summed E-state index contributed by atoms with van der Waals surface area (Å²) < 4.78 is 1.01. The Hall–Kier alpha value is -1.56. The standard InChI is InChI=1S/C13H17BrN2O3/c1-7-4-10(5-8(2)12(7)14)16-13(19)15-9(3)6-11(17)18/h4-5,9H,6H2,1-3H3,(H,17,18)(H2,15,16,19). The predicted octanol–water partition coefficient (Wildman–Crippen LogP) is 3.05. The summed E-state index contributed by atoms with van der Waals surface area (Å²) in [5.74, 6) is -0.942. The van der Waals surface area contributed by atoms with Crippen LogP contribution >= 0.6 is 15.9 Å². The van der Waals surface area contributed by atoms with Crippen molar-refractivity contribution in [1.82, 2.24) is 5.32 Å². The number of hydrogen-bond acceptors (Lipinski definition) is 2. The summed E-state index contributed by atoms with van der Waals surface area (Å²) >= 11 is 3.45. The Bertz CT molecular complexity index is 480. The molecule has 0 aliphatic heterocycles. The Morgan fingerprint density at radius 1 is 1.32 bits per heavy atom. The van der Waals surface area contributed by atoms with E-state index in [2.05, 4.69) is 26.6 Å². The summed E-state index contributed by atoms with van der Waals surface area (Å²) in [5, 5.41) is 13.9. The van der Waals surface area contributed by atoms with Crippen LogP contribution in [0.25, 0.3) is 0 Å². The third-order valence-corrected chi connectivity index (χ3v) is 3.80. The van der Waals surface area contributed by atoms with Gasteiger partial charge >= 0.3 is 12.0 Å². The lowest BCUT2D eigenvalue weighted by Crippen LogP contribution is -2.37. The first-order chi connectivity index (χ1) is 8.79. The molecule has 0 spiro atoms. The highest BCUT2D eigenvalue weighted by Gasteiger charge is 2.11. The van der Waals surface area contributed by atoms with Crippen molar-refractivity contribution in [1.29, 1.82) is 0 Å². The molecule has 1 unspecified atom stereocenters. The van der Waals surface area contributed by atoms with Crippen LogP contribution in [0.4, 0.5) is 10.5 Å². The number of carbonyl (C=O) groups excluding carboxylic acids is 1. The van der Waals surface area contributed by atoms with Gasteiger partial charge in [0.25, 0.3) is 0 Å². The van der Waals surface area contributed by atoms with E-state index in [-0.39, 0.29) is 6.42 Å². The lowest BCUT2D eigenvalue weighted by Gasteiger charge is -2.14. The molecule has 0 aromatic heterocycles. The fraction of sp³-hybridized carbons (Fsp3) is 0.385. The van der Waals surface area contributed by atoms with E-state index in [9.17, 15) is 9.59 Å². The van der Waals surface area contributed by atoms with Gasteiger partial charge in [-0.05, 0) is 44.0 Å². The number of aryl methyl sites for hydroxylation is 2. The maximum Gasteiger partial charge on any atom is 0.319 e. The van der Waals surface area contributed by atoms with E-state index in [4.69, 9.17) is 5.11 Å². The van der Waals surface area contributed by atoms with Gasteiger partial charge in [-0.1, -0.05) is 15.9 Å². The van der Waals surface area contributed by atoms with Crippen molar-refractivity contribution in [3.8, 4) is 0 Å². The molecular formula is C13H17BrN2O3. The van der Waals surface area contributed by atoms with Gasteiger partial charge in [0.1, 0.15) is 0 Å². The Morgan fingerprint density at radius 3 is 2.32 bits per heavy atom. The van der Waals surface area contributed by atoms with Gasteiger partial charge in [-0.25, -0.2) is 4.79 Å².